The second kappa shape index (κ2) is 6.16. The average Bonchev–Trinajstić information content (AvgIpc) is 2.28. The Morgan fingerprint density at radius 2 is 1.88 bits per heavy atom. The molecule has 1 rings (SSSR count). The Kier molecular flexibility index (Phi) is 5.14. The summed E-state index contributed by atoms with van der Waals surface area (Å²) in [6, 6.07) is 4.65. The third-order valence-corrected chi connectivity index (χ3v) is 4.56. The van der Waals surface area contributed by atoms with Gasteiger partial charge in [-0.25, -0.2) is 0 Å². The topological polar surface area (TPSA) is 86.2 Å². The summed E-state index contributed by atoms with van der Waals surface area (Å²) in [6.45, 7) is 0. The molecule has 92 valence electrons. The number of alkyl halides is 2. The molecule has 0 saturated heterocycles. The molecule has 0 aromatic heterocycles. The Bertz CT molecular complexity index is 449. The number of rotatable bonds is 5. The standard InChI is InChI=1S/C11H12Br2N2O2/c12-5-8(13)4-7-3-6(10(14)16)1-2-9(7)11(15)17/h1-3,8H,4-5H2,(H2,14,16)(H2,15,17). The lowest BCUT2D eigenvalue weighted by molar-refractivity contribution is 0.0987. The average molecular weight is 364 g/mol. The summed E-state index contributed by atoms with van der Waals surface area (Å²) in [5.41, 5.74) is 12.0. The lowest BCUT2D eigenvalue weighted by Crippen LogP contribution is -2.18. The van der Waals surface area contributed by atoms with Gasteiger partial charge in [-0.05, 0) is 30.2 Å². The highest BCUT2D eigenvalue weighted by Gasteiger charge is 2.14. The van der Waals surface area contributed by atoms with Gasteiger partial charge in [0.1, 0.15) is 0 Å². The molecule has 4 N–H and O–H groups in total. The molecule has 0 aliphatic heterocycles. The molecule has 0 aliphatic rings. The van der Waals surface area contributed by atoms with Crippen molar-refractivity contribution in [3.05, 3.63) is 34.9 Å². The van der Waals surface area contributed by atoms with E-state index in [0.717, 1.165) is 10.9 Å². The van der Waals surface area contributed by atoms with E-state index in [4.69, 9.17) is 11.5 Å². The van der Waals surface area contributed by atoms with Crippen LogP contribution in [0.15, 0.2) is 18.2 Å². The molecule has 1 atom stereocenters. The molecule has 6 heteroatoms. The van der Waals surface area contributed by atoms with E-state index in [1.165, 1.54) is 12.1 Å². The predicted octanol–water partition coefficient (Wildman–Crippen LogP) is 1.59. The van der Waals surface area contributed by atoms with Gasteiger partial charge in [-0.1, -0.05) is 31.9 Å². The molecule has 0 bridgehead atoms. The molecular weight excluding hydrogens is 352 g/mol. The molecule has 1 aromatic rings. The van der Waals surface area contributed by atoms with Crippen LogP contribution in [0, 0.1) is 0 Å². The maximum absolute atomic E-state index is 11.3. The fourth-order valence-corrected chi connectivity index (χ4v) is 2.03. The van der Waals surface area contributed by atoms with Crippen LogP contribution in [0.25, 0.3) is 0 Å². The van der Waals surface area contributed by atoms with E-state index in [0.29, 0.717) is 17.5 Å². The van der Waals surface area contributed by atoms with Gasteiger partial charge in [-0.3, -0.25) is 9.59 Å². The summed E-state index contributed by atoms with van der Waals surface area (Å²) >= 11 is 6.77. The summed E-state index contributed by atoms with van der Waals surface area (Å²) in [5.74, 6) is -1.03. The molecule has 17 heavy (non-hydrogen) atoms. The lowest BCUT2D eigenvalue weighted by atomic mass is 9.99. The van der Waals surface area contributed by atoms with Crippen molar-refractivity contribution in [3.8, 4) is 0 Å². The second-order valence-electron chi connectivity index (χ2n) is 3.56. The zero-order valence-electron chi connectivity index (χ0n) is 8.95. The molecule has 0 saturated carbocycles. The third kappa shape index (κ3) is 3.81. The van der Waals surface area contributed by atoms with Gasteiger partial charge in [0.25, 0.3) is 0 Å². The first-order chi connectivity index (χ1) is 7.95. The van der Waals surface area contributed by atoms with Crippen LogP contribution >= 0.6 is 31.9 Å². The van der Waals surface area contributed by atoms with E-state index < -0.39 is 11.8 Å². The molecule has 1 unspecified atom stereocenters. The van der Waals surface area contributed by atoms with Crippen molar-refractivity contribution in [2.75, 3.05) is 5.33 Å². The van der Waals surface area contributed by atoms with Crippen LogP contribution in [0.2, 0.25) is 0 Å². The van der Waals surface area contributed by atoms with Crippen LogP contribution in [-0.2, 0) is 6.42 Å². The molecule has 0 aliphatic carbocycles. The Hall–Kier alpha value is -0.880. The maximum Gasteiger partial charge on any atom is 0.248 e. The first-order valence-electron chi connectivity index (χ1n) is 4.88. The summed E-state index contributed by atoms with van der Waals surface area (Å²) < 4.78 is 0. The Labute approximate surface area is 116 Å². The number of hydrogen-bond acceptors (Lipinski definition) is 2. The van der Waals surface area contributed by atoms with Crippen molar-refractivity contribution >= 4 is 43.7 Å². The van der Waals surface area contributed by atoms with Gasteiger partial charge in [0.2, 0.25) is 11.8 Å². The van der Waals surface area contributed by atoms with E-state index in [1.807, 2.05) is 0 Å². The predicted molar refractivity (Wildman–Crippen MR) is 73.7 cm³/mol. The van der Waals surface area contributed by atoms with E-state index in [1.54, 1.807) is 6.07 Å². The maximum atomic E-state index is 11.3. The minimum atomic E-state index is -0.521. The number of amides is 2. The molecule has 2 amide bonds. The monoisotopic (exact) mass is 362 g/mol. The van der Waals surface area contributed by atoms with Gasteiger partial charge >= 0.3 is 0 Å². The summed E-state index contributed by atoms with van der Waals surface area (Å²) in [7, 11) is 0. The van der Waals surface area contributed by atoms with Gasteiger partial charge in [0, 0.05) is 21.3 Å². The lowest BCUT2D eigenvalue weighted by Gasteiger charge is -2.11. The van der Waals surface area contributed by atoms with Gasteiger partial charge < -0.3 is 11.5 Å². The van der Waals surface area contributed by atoms with Crippen LogP contribution in [0.1, 0.15) is 26.3 Å². The molecule has 0 heterocycles. The van der Waals surface area contributed by atoms with Crippen LogP contribution in [0.4, 0.5) is 0 Å². The second-order valence-corrected chi connectivity index (χ2v) is 5.50. The smallest absolute Gasteiger partial charge is 0.248 e. The Morgan fingerprint density at radius 1 is 1.24 bits per heavy atom. The summed E-state index contributed by atoms with van der Waals surface area (Å²) in [6.07, 6.45) is 0.588. The number of carbonyl (C=O) groups is 2. The molecule has 4 nitrogen and oxygen atoms in total. The van der Waals surface area contributed by atoms with Crippen LogP contribution < -0.4 is 11.5 Å². The molecule has 0 fully saturated rings. The van der Waals surface area contributed by atoms with Gasteiger partial charge in [0.05, 0.1) is 0 Å². The van der Waals surface area contributed by atoms with Gasteiger partial charge in [0.15, 0.2) is 0 Å². The molecule has 1 aromatic carbocycles. The summed E-state index contributed by atoms with van der Waals surface area (Å²) in [4.78, 5) is 22.5. The van der Waals surface area contributed by atoms with Gasteiger partial charge in [-0.15, -0.1) is 0 Å². The number of halogens is 2. The molecular formula is C11H12Br2N2O2. The van der Waals surface area contributed by atoms with Gasteiger partial charge in [-0.2, -0.15) is 0 Å². The van der Waals surface area contributed by atoms with Crippen molar-refractivity contribution in [1.82, 2.24) is 0 Å². The number of carbonyl (C=O) groups excluding carboxylic acids is 2. The zero-order valence-corrected chi connectivity index (χ0v) is 12.1. The van der Waals surface area contributed by atoms with Crippen molar-refractivity contribution < 1.29 is 9.59 Å². The zero-order chi connectivity index (χ0) is 13.0. The number of hydrogen-bond donors (Lipinski definition) is 2. The largest absolute Gasteiger partial charge is 0.366 e. The highest BCUT2D eigenvalue weighted by atomic mass is 79.9. The first-order valence-corrected chi connectivity index (χ1v) is 6.92. The number of benzene rings is 1. The highest BCUT2D eigenvalue weighted by molar-refractivity contribution is 9.12. The van der Waals surface area contributed by atoms with Crippen molar-refractivity contribution in [2.45, 2.75) is 11.2 Å². The third-order valence-electron chi connectivity index (χ3n) is 2.26. The van der Waals surface area contributed by atoms with Crippen LogP contribution in [0.5, 0.6) is 0 Å². The normalized spacial score (nSPS) is 12.1. The first kappa shape index (κ1) is 14.2. The van der Waals surface area contributed by atoms with E-state index in [9.17, 15) is 9.59 Å². The quantitative estimate of drug-likeness (QED) is 0.778. The summed E-state index contributed by atoms with van der Waals surface area (Å²) in [5, 5.41) is 0.728. The fourth-order valence-electron chi connectivity index (χ4n) is 1.45. The fraction of sp³-hybridized carbons (Fsp3) is 0.273. The van der Waals surface area contributed by atoms with E-state index in [2.05, 4.69) is 31.9 Å². The van der Waals surface area contributed by atoms with Crippen molar-refractivity contribution in [2.24, 2.45) is 11.5 Å². The molecule has 0 radical (unpaired) electrons. The van der Waals surface area contributed by atoms with E-state index in [-0.39, 0.29) is 4.83 Å². The minimum Gasteiger partial charge on any atom is -0.366 e. The van der Waals surface area contributed by atoms with Crippen LogP contribution in [-0.4, -0.2) is 22.0 Å². The molecule has 0 spiro atoms. The Morgan fingerprint density at radius 3 is 2.35 bits per heavy atom. The highest BCUT2D eigenvalue weighted by Crippen LogP contribution is 2.18. The Balaban J connectivity index is 3.15. The van der Waals surface area contributed by atoms with Crippen LogP contribution in [0.3, 0.4) is 0 Å². The number of nitrogens with two attached hydrogens (primary N) is 2. The minimum absolute atomic E-state index is 0.156. The number of primary amides is 2. The van der Waals surface area contributed by atoms with Crippen molar-refractivity contribution in [1.29, 1.82) is 0 Å². The van der Waals surface area contributed by atoms with Crippen molar-refractivity contribution in [3.63, 3.8) is 0 Å². The SMILES string of the molecule is NC(=O)c1ccc(C(N)=O)c(CC(Br)CBr)c1. The van der Waals surface area contributed by atoms with E-state index >= 15 is 0 Å².